The molecule has 4 heteroatoms. The van der Waals surface area contributed by atoms with Crippen LogP contribution >= 0.6 is 11.6 Å². The van der Waals surface area contributed by atoms with Crippen LogP contribution in [0.2, 0.25) is 5.02 Å². The molecule has 1 fully saturated rings. The minimum atomic E-state index is 0.0468. The molecule has 0 bridgehead atoms. The molecule has 3 nitrogen and oxygen atoms in total. The minimum absolute atomic E-state index is 0.0468. The van der Waals surface area contributed by atoms with Gasteiger partial charge in [-0.25, -0.2) is 9.97 Å². The molecule has 3 rings (SSSR count). The van der Waals surface area contributed by atoms with Crippen LogP contribution in [0.5, 0.6) is 5.88 Å². The Morgan fingerprint density at radius 1 is 1.05 bits per heavy atom. The van der Waals surface area contributed by atoms with E-state index in [0.717, 1.165) is 24.3 Å². The summed E-state index contributed by atoms with van der Waals surface area (Å²) in [5.41, 5.74) is 2.15. The van der Waals surface area contributed by atoms with Gasteiger partial charge >= 0.3 is 0 Å². The average molecular weight is 319 g/mol. The van der Waals surface area contributed by atoms with Crippen molar-refractivity contribution in [3.63, 3.8) is 0 Å². The summed E-state index contributed by atoms with van der Waals surface area (Å²) in [5.74, 6) is 1.02. The van der Waals surface area contributed by atoms with E-state index in [2.05, 4.69) is 9.97 Å². The number of nitrogens with zero attached hydrogens (tertiary/aromatic N) is 2. The van der Waals surface area contributed by atoms with Crippen LogP contribution in [0.3, 0.4) is 0 Å². The van der Waals surface area contributed by atoms with Gasteiger partial charge in [0.2, 0.25) is 5.88 Å². The third kappa shape index (κ3) is 3.89. The van der Waals surface area contributed by atoms with Gasteiger partial charge in [-0.1, -0.05) is 56.5 Å². The van der Waals surface area contributed by atoms with Crippen LogP contribution < -0.4 is 0 Å². The van der Waals surface area contributed by atoms with Crippen LogP contribution in [0.1, 0.15) is 57.1 Å². The summed E-state index contributed by atoms with van der Waals surface area (Å²) >= 11 is 5.93. The first-order valence-electron chi connectivity index (χ1n) is 8.37. The van der Waals surface area contributed by atoms with E-state index >= 15 is 0 Å². The van der Waals surface area contributed by atoms with Gasteiger partial charge in [-0.05, 0) is 37.0 Å². The largest absolute Gasteiger partial charge is 0.492 e. The van der Waals surface area contributed by atoms with Crippen molar-refractivity contribution in [3.8, 4) is 5.88 Å². The maximum atomic E-state index is 10.0. The Morgan fingerprint density at radius 3 is 2.68 bits per heavy atom. The van der Waals surface area contributed by atoms with E-state index in [1.54, 1.807) is 12.1 Å². The zero-order valence-corrected chi connectivity index (χ0v) is 13.6. The Morgan fingerprint density at radius 2 is 1.86 bits per heavy atom. The van der Waals surface area contributed by atoms with Gasteiger partial charge in [-0.3, -0.25) is 0 Å². The van der Waals surface area contributed by atoms with Crippen molar-refractivity contribution in [2.24, 2.45) is 5.92 Å². The van der Waals surface area contributed by atoms with Crippen LogP contribution in [0.25, 0.3) is 11.0 Å². The number of halogens is 1. The summed E-state index contributed by atoms with van der Waals surface area (Å²) in [6.45, 7) is 0. The molecular formula is C18H23ClN2O. The Hall–Kier alpha value is -1.35. The molecule has 2 aromatic rings. The maximum absolute atomic E-state index is 10.0. The zero-order valence-electron chi connectivity index (χ0n) is 12.9. The summed E-state index contributed by atoms with van der Waals surface area (Å²) in [6.07, 6.45) is 11.4. The number of benzene rings is 1. The zero-order chi connectivity index (χ0) is 15.4. The number of aromatic nitrogens is 2. The van der Waals surface area contributed by atoms with Gasteiger partial charge < -0.3 is 5.11 Å². The molecule has 1 N–H and O–H groups in total. The molecule has 1 aromatic heterocycles. The molecule has 1 aliphatic rings. The molecule has 0 saturated heterocycles. The molecule has 1 heterocycles. The van der Waals surface area contributed by atoms with E-state index in [0.29, 0.717) is 16.2 Å². The molecule has 0 aliphatic heterocycles. The molecule has 0 atom stereocenters. The quantitative estimate of drug-likeness (QED) is 0.737. The van der Waals surface area contributed by atoms with E-state index in [4.69, 9.17) is 11.6 Å². The van der Waals surface area contributed by atoms with Gasteiger partial charge in [-0.2, -0.15) is 0 Å². The number of aromatic hydroxyl groups is 1. The van der Waals surface area contributed by atoms with Gasteiger partial charge in [0.25, 0.3) is 0 Å². The molecule has 0 amide bonds. The van der Waals surface area contributed by atoms with Crippen LogP contribution in [-0.4, -0.2) is 15.1 Å². The van der Waals surface area contributed by atoms with Crippen molar-refractivity contribution in [1.29, 1.82) is 0 Å². The SMILES string of the molecule is Oc1nc2cc(Cl)ccc2nc1CCCCCC1CCCC1. The second-order valence-electron chi connectivity index (χ2n) is 6.38. The Labute approximate surface area is 136 Å². The number of fused-ring (bicyclic) bond motifs is 1. The summed E-state index contributed by atoms with van der Waals surface area (Å²) in [6, 6.07) is 5.39. The van der Waals surface area contributed by atoms with Crippen molar-refractivity contribution >= 4 is 22.6 Å². The van der Waals surface area contributed by atoms with Crippen molar-refractivity contribution in [2.45, 2.75) is 57.8 Å². The Bertz CT molecular complexity index is 638. The van der Waals surface area contributed by atoms with Gasteiger partial charge in [0, 0.05) is 5.02 Å². The van der Waals surface area contributed by atoms with E-state index in [9.17, 15) is 5.11 Å². The molecule has 118 valence electrons. The predicted octanol–water partition coefficient (Wildman–Crippen LogP) is 5.28. The Kier molecular flexibility index (Phi) is 5.14. The van der Waals surface area contributed by atoms with Crippen LogP contribution in [0.15, 0.2) is 18.2 Å². The first-order valence-corrected chi connectivity index (χ1v) is 8.75. The van der Waals surface area contributed by atoms with Crippen molar-refractivity contribution in [1.82, 2.24) is 9.97 Å². The van der Waals surface area contributed by atoms with Gasteiger partial charge in [0.1, 0.15) is 5.69 Å². The summed E-state index contributed by atoms with van der Waals surface area (Å²) in [7, 11) is 0. The molecule has 0 spiro atoms. The van der Waals surface area contributed by atoms with Gasteiger partial charge in [0.15, 0.2) is 0 Å². The highest BCUT2D eigenvalue weighted by atomic mass is 35.5. The molecule has 0 radical (unpaired) electrons. The van der Waals surface area contributed by atoms with Gasteiger partial charge in [0.05, 0.1) is 11.0 Å². The van der Waals surface area contributed by atoms with E-state index < -0.39 is 0 Å². The molecule has 1 saturated carbocycles. The van der Waals surface area contributed by atoms with Gasteiger partial charge in [-0.15, -0.1) is 0 Å². The lowest BCUT2D eigenvalue weighted by Gasteiger charge is -2.08. The maximum Gasteiger partial charge on any atom is 0.233 e. The predicted molar refractivity (Wildman–Crippen MR) is 90.3 cm³/mol. The molecule has 22 heavy (non-hydrogen) atoms. The number of aryl methyl sites for hydroxylation is 1. The van der Waals surface area contributed by atoms with Crippen molar-refractivity contribution in [3.05, 3.63) is 28.9 Å². The Balaban J connectivity index is 1.52. The van der Waals surface area contributed by atoms with Crippen molar-refractivity contribution in [2.75, 3.05) is 0 Å². The number of hydrogen-bond donors (Lipinski definition) is 1. The topological polar surface area (TPSA) is 46.0 Å². The number of rotatable bonds is 6. The highest BCUT2D eigenvalue weighted by molar-refractivity contribution is 6.31. The van der Waals surface area contributed by atoms with E-state index in [1.807, 2.05) is 6.07 Å². The average Bonchev–Trinajstić information content (AvgIpc) is 3.00. The van der Waals surface area contributed by atoms with Crippen LogP contribution in [-0.2, 0) is 6.42 Å². The second kappa shape index (κ2) is 7.28. The highest BCUT2D eigenvalue weighted by Crippen LogP contribution is 2.29. The first kappa shape index (κ1) is 15.5. The molecule has 0 unspecified atom stereocenters. The molecule has 1 aliphatic carbocycles. The third-order valence-electron chi connectivity index (χ3n) is 4.68. The third-order valence-corrected chi connectivity index (χ3v) is 4.91. The fraction of sp³-hybridized carbons (Fsp3) is 0.556. The lowest BCUT2D eigenvalue weighted by Crippen LogP contribution is -1.97. The van der Waals surface area contributed by atoms with Crippen molar-refractivity contribution < 1.29 is 5.11 Å². The highest BCUT2D eigenvalue weighted by Gasteiger charge is 2.14. The normalized spacial score (nSPS) is 15.7. The van der Waals surface area contributed by atoms with E-state index in [-0.39, 0.29) is 5.88 Å². The second-order valence-corrected chi connectivity index (χ2v) is 6.81. The smallest absolute Gasteiger partial charge is 0.233 e. The molecular weight excluding hydrogens is 296 g/mol. The van der Waals surface area contributed by atoms with Crippen LogP contribution in [0, 0.1) is 5.92 Å². The molecule has 1 aromatic carbocycles. The summed E-state index contributed by atoms with van der Waals surface area (Å²) < 4.78 is 0. The number of hydrogen-bond acceptors (Lipinski definition) is 3. The summed E-state index contributed by atoms with van der Waals surface area (Å²) in [4.78, 5) is 8.73. The first-order chi connectivity index (χ1) is 10.7. The fourth-order valence-corrected chi connectivity index (χ4v) is 3.59. The number of unbranched alkanes of at least 4 members (excludes halogenated alkanes) is 2. The fourth-order valence-electron chi connectivity index (χ4n) is 3.42. The monoisotopic (exact) mass is 318 g/mol. The minimum Gasteiger partial charge on any atom is -0.492 e. The summed E-state index contributed by atoms with van der Waals surface area (Å²) in [5, 5.41) is 10.6. The van der Waals surface area contributed by atoms with Crippen LogP contribution in [0.4, 0.5) is 0 Å². The lowest BCUT2D eigenvalue weighted by atomic mass is 9.99. The lowest BCUT2D eigenvalue weighted by molar-refractivity contribution is 0.439. The van der Waals surface area contributed by atoms with E-state index in [1.165, 1.54) is 44.9 Å². The standard InChI is InChI=1S/C18H23ClN2O/c19-14-10-11-15-17(12-14)21-18(22)16(20-15)9-3-1-2-6-13-7-4-5-8-13/h10-13H,1-9H2,(H,21,22).